The van der Waals surface area contributed by atoms with Crippen molar-refractivity contribution in [2.45, 2.75) is 11.8 Å². The fourth-order valence-corrected chi connectivity index (χ4v) is 4.17. The Morgan fingerprint density at radius 1 is 1.19 bits per heavy atom. The van der Waals surface area contributed by atoms with Gasteiger partial charge in [0.15, 0.2) is 5.82 Å². The third-order valence-electron chi connectivity index (χ3n) is 3.16. The standard InChI is InChI=1S/C14H10BrFN2O2S/c1-9-2-4-10(5-3-9)21(19,20)18-8-11(15)14-12(16)6-17-7-13(14)18/h2-8H,1H3. The number of nitrogens with zero attached hydrogens (tertiary/aromatic N) is 2. The van der Waals surface area contributed by atoms with Gasteiger partial charge in [-0.25, -0.2) is 16.8 Å². The molecule has 0 atom stereocenters. The molecule has 0 amide bonds. The second-order valence-corrected chi connectivity index (χ2v) is 7.28. The maximum atomic E-state index is 13.8. The molecule has 3 aromatic rings. The summed E-state index contributed by atoms with van der Waals surface area (Å²) in [5.41, 5.74) is 1.16. The summed E-state index contributed by atoms with van der Waals surface area (Å²) in [5.74, 6) is -0.572. The fraction of sp³-hybridized carbons (Fsp3) is 0.0714. The van der Waals surface area contributed by atoms with Gasteiger partial charge in [-0.05, 0) is 35.0 Å². The maximum Gasteiger partial charge on any atom is 0.268 e. The molecule has 0 saturated carbocycles. The molecule has 0 aliphatic rings. The van der Waals surface area contributed by atoms with E-state index in [1.807, 2.05) is 6.92 Å². The largest absolute Gasteiger partial charge is 0.268 e. The number of hydrogen-bond acceptors (Lipinski definition) is 3. The number of hydrogen-bond donors (Lipinski definition) is 0. The van der Waals surface area contributed by atoms with Crippen LogP contribution in [-0.2, 0) is 10.0 Å². The average Bonchev–Trinajstić information content (AvgIpc) is 2.79. The summed E-state index contributed by atoms with van der Waals surface area (Å²) in [6.45, 7) is 1.87. The first-order chi connectivity index (χ1) is 9.91. The first kappa shape index (κ1) is 14.2. The molecule has 21 heavy (non-hydrogen) atoms. The van der Waals surface area contributed by atoms with Gasteiger partial charge >= 0.3 is 0 Å². The van der Waals surface area contributed by atoms with Crippen LogP contribution in [-0.4, -0.2) is 17.4 Å². The smallest absolute Gasteiger partial charge is 0.259 e. The molecule has 0 bridgehead atoms. The van der Waals surface area contributed by atoms with E-state index in [0.29, 0.717) is 4.47 Å². The topological polar surface area (TPSA) is 52.0 Å². The number of halogens is 2. The van der Waals surface area contributed by atoms with Crippen molar-refractivity contribution in [1.82, 2.24) is 8.96 Å². The Morgan fingerprint density at radius 2 is 1.86 bits per heavy atom. The Kier molecular flexibility index (Phi) is 3.33. The highest BCUT2D eigenvalue weighted by Gasteiger charge is 2.22. The summed E-state index contributed by atoms with van der Waals surface area (Å²) < 4.78 is 40.6. The second kappa shape index (κ2) is 4.92. The summed E-state index contributed by atoms with van der Waals surface area (Å²) in [7, 11) is -3.80. The minimum atomic E-state index is -3.80. The van der Waals surface area contributed by atoms with Crippen molar-refractivity contribution in [2.24, 2.45) is 0 Å². The van der Waals surface area contributed by atoms with Gasteiger partial charge in [0, 0.05) is 10.7 Å². The molecule has 0 spiro atoms. The minimum Gasteiger partial charge on any atom is -0.259 e. The van der Waals surface area contributed by atoms with Crippen LogP contribution >= 0.6 is 15.9 Å². The van der Waals surface area contributed by atoms with Gasteiger partial charge in [-0.15, -0.1) is 0 Å². The monoisotopic (exact) mass is 368 g/mol. The molecule has 1 aromatic carbocycles. The van der Waals surface area contributed by atoms with E-state index in [1.54, 1.807) is 12.1 Å². The lowest BCUT2D eigenvalue weighted by molar-refractivity contribution is 0.589. The van der Waals surface area contributed by atoms with Gasteiger partial charge in [-0.3, -0.25) is 4.98 Å². The quantitative estimate of drug-likeness (QED) is 0.695. The zero-order chi connectivity index (χ0) is 15.2. The van der Waals surface area contributed by atoms with Crippen LogP contribution in [0.4, 0.5) is 4.39 Å². The Balaban J connectivity index is 2.29. The molecule has 3 rings (SSSR count). The summed E-state index contributed by atoms with van der Waals surface area (Å²) in [6, 6.07) is 6.48. The molecule has 4 nitrogen and oxygen atoms in total. The Bertz CT molecular complexity index is 934. The number of fused-ring (bicyclic) bond motifs is 1. The van der Waals surface area contributed by atoms with Crippen LogP contribution in [0.5, 0.6) is 0 Å². The molecule has 0 unspecified atom stereocenters. The second-order valence-electron chi connectivity index (χ2n) is 4.61. The molecule has 2 heterocycles. The van der Waals surface area contributed by atoms with Gasteiger partial charge in [0.2, 0.25) is 0 Å². The zero-order valence-corrected chi connectivity index (χ0v) is 13.3. The lowest BCUT2D eigenvalue weighted by Gasteiger charge is -2.07. The SMILES string of the molecule is Cc1ccc(S(=O)(=O)n2cc(Br)c3c(F)cncc32)cc1. The fourth-order valence-electron chi connectivity index (χ4n) is 2.09. The highest BCUT2D eigenvalue weighted by Crippen LogP contribution is 2.30. The minimum absolute atomic E-state index is 0.141. The van der Waals surface area contributed by atoms with Crippen LogP contribution in [0.15, 0.2) is 52.2 Å². The number of aromatic nitrogens is 2. The van der Waals surface area contributed by atoms with Gasteiger partial charge in [0.05, 0.1) is 28.2 Å². The predicted octanol–water partition coefficient (Wildman–Crippen LogP) is 3.48. The van der Waals surface area contributed by atoms with Crippen molar-refractivity contribution in [3.05, 3.63) is 58.7 Å². The van der Waals surface area contributed by atoms with E-state index in [0.717, 1.165) is 15.7 Å². The highest BCUT2D eigenvalue weighted by atomic mass is 79.9. The number of aryl methyl sites for hydroxylation is 1. The number of rotatable bonds is 2. The molecular formula is C14H10BrFN2O2S. The number of pyridine rings is 1. The van der Waals surface area contributed by atoms with Gasteiger partial charge in [0.25, 0.3) is 10.0 Å². The summed E-state index contributed by atoms with van der Waals surface area (Å²) in [6.07, 6.45) is 3.72. The third kappa shape index (κ3) is 2.26. The first-order valence-corrected chi connectivity index (χ1v) is 8.27. The Hall–Kier alpha value is -1.73. The van der Waals surface area contributed by atoms with E-state index in [9.17, 15) is 12.8 Å². The summed E-state index contributed by atoms with van der Waals surface area (Å²) in [5, 5.41) is 0.195. The van der Waals surface area contributed by atoms with Crippen molar-refractivity contribution < 1.29 is 12.8 Å². The highest BCUT2D eigenvalue weighted by molar-refractivity contribution is 9.10. The van der Waals surface area contributed by atoms with Gasteiger partial charge in [-0.2, -0.15) is 0 Å². The molecule has 108 valence electrons. The van der Waals surface area contributed by atoms with Crippen LogP contribution in [0.2, 0.25) is 0 Å². The number of benzene rings is 1. The van der Waals surface area contributed by atoms with E-state index in [4.69, 9.17) is 0 Å². The molecule has 0 aliphatic heterocycles. The van der Waals surface area contributed by atoms with Crippen LogP contribution in [0.3, 0.4) is 0 Å². The Morgan fingerprint density at radius 3 is 2.52 bits per heavy atom. The molecule has 0 radical (unpaired) electrons. The van der Waals surface area contributed by atoms with Crippen molar-refractivity contribution in [3.63, 3.8) is 0 Å². The molecule has 0 saturated heterocycles. The van der Waals surface area contributed by atoms with E-state index < -0.39 is 15.8 Å². The predicted molar refractivity (Wildman–Crippen MR) is 81.2 cm³/mol. The van der Waals surface area contributed by atoms with E-state index >= 15 is 0 Å². The molecule has 0 aliphatic carbocycles. The van der Waals surface area contributed by atoms with E-state index in [2.05, 4.69) is 20.9 Å². The summed E-state index contributed by atoms with van der Waals surface area (Å²) >= 11 is 3.19. The molecule has 2 aromatic heterocycles. The van der Waals surface area contributed by atoms with E-state index in [1.165, 1.54) is 24.5 Å². The van der Waals surface area contributed by atoms with Gasteiger partial charge in [-0.1, -0.05) is 17.7 Å². The van der Waals surface area contributed by atoms with Gasteiger partial charge in [0.1, 0.15) is 0 Å². The normalized spacial score (nSPS) is 12.0. The van der Waals surface area contributed by atoms with Crippen LogP contribution < -0.4 is 0 Å². The van der Waals surface area contributed by atoms with Crippen LogP contribution in [0.1, 0.15) is 5.56 Å². The third-order valence-corrected chi connectivity index (χ3v) is 5.45. The molecular weight excluding hydrogens is 359 g/mol. The first-order valence-electron chi connectivity index (χ1n) is 6.03. The van der Waals surface area contributed by atoms with Crippen LogP contribution in [0.25, 0.3) is 10.9 Å². The lowest BCUT2D eigenvalue weighted by Crippen LogP contribution is -2.11. The zero-order valence-electron chi connectivity index (χ0n) is 10.9. The van der Waals surface area contributed by atoms with Crippen molar-refractivity contribution in [1.29, 1.82) is 0 Å². The van der Waals surface area contributed by atoms with Gasteiger partial charge < -0.3 is 0 Å². The average molecular weight is 369 g/mol. The molecule has 7 heteroatoms. The molecule has 0 fully saturated rings. The van der Waals surface area contributed by atoms with Crippen molar-refractivity contribution >= 4 is 36.9 Å². The maximum absolute atomic E-state index is 13.8. The lowest BCUT2D eigenvalue weighted by atomic mass is 10.2. The Labute approximate surface area is 129 Å². The van der Waals surface area contributed by atoms with Crippen LogP contribution in [0, 0.1) is 12.7 Å². The van der Waals surface area contributed by atoms with Crippen molar-refractivity contribution in [2.75, 3.05) is 0 Å². The van der Waals surface area contributed by atoms with Crippen molar-refractivity contribution in [3.8, 4) is 0 Å². The van der Waals surface area contributed by atoms with E-state index in [-0.39, 0.29) is 15.8 Å². The molecule has 0 N–H and O–H groups in total. The summed E-state index contributed by atoms with van der Waals surface area (Å²) in [4.78, 5) is 3.87.